The first kappa shape index (κ1) is 14.8. The van der Waals surface area contributed by atoms with Crippen molar-refractivity contribution in [3.8, 4) is 5.75 Å². The molecular formula is C15H21FN2O2. The molecule has 1 aromatic rings. The lowest BCUT2D eigenvalue weighted by atomic mass is 9.76. The fourth-order valence-corrected chi connectivity index (χ4v) is 3.19. The van der Waals surface area contributed by atoms with Crippen LogP contribution in [-0.2, 0) is 4.79 Å². The molecule has 1 amide bonds. The molecule has 1 aromatic carbocycles. The van der Waals surface area contributed by atoms with Gasteiger partial charge in [0, 0.05) is 17.6 Å². The van der Waals surface area contributed by atoms with E-state index in [2.05, 4.69) is 5.32 Å². The summed E-state index contributed by atoms with van der Waals surface area (Å²) in [6.07, 6.45) is 0.863. The van der Waals surface area contributed by atoms with Crippen LogP contribution in [0.1, 0.15) is 31.9 Å². The summed E-state index contributed by atoms with van der Waals surface area (Å²) in [7, 11) is 1.53. The van der Waals surface area contributed by atoms with Gasteiger partial charge in [-0.2, -0.15) is 0 Å². The topological polar surface area (TPSA) is 64.3 Å². The van der Waals surface area contributed by atoms with Crippen molar-refractivity contribution in [1.82, 2.24) is 5.32 Å². The molecule has 1 heterocycles. The van der Waals surface area contributed by atoms with E-state index in [0.717, 1.165) is 6.42 Å². The van der Waals surface area contributed by atoms with Crippen LogP contribution in [0.4, 0.5) is 4.39 Å². The van der Waals surface area contributed by atoms with E-state index in [4.69, 9.17) is 10.5 Å². The molecule has 0 radical (unpaired) electrons. The van der Waals surface area contributed by atoms with Gasteiger partial charge < -0.3 is 15.8 Å². The second-order valence-corrected chi connectivity index (χ2v) is 5.57. The highest BCUT2D eigenvalue weighted by Gasteiger charge is 2.39. The zero-order valence-electron chi connectivity index (χ0n) is 12.0. The number of hydrogen-bond acceptors (Lipinski definition) is 3. The minimum atomic E-state index is -0.373. The molecule has 5 heteroatoms. The molecule has 20 heavy (non-hydrogen) atoms. The van der Waals surface area contributed by atoms with Crippen LogP contribution in [-0.4, -0.2) is 19.1 Å². The van der Waals surface area contributed by atoms with Crippen LogP contribution in [0.15, 0.2) is 18.2 Å². The molecule has 3 N–H and O–H groups in total. The standard InChI is InChI=1S/C15H21FN2O2/c1-8-6-9(2)18-14(13(8)15(17)19)11-7-10(16)4-5-12(11)20-3/h4-5,7-9,13-14,18H,6H2,1-3H3,(H2,17,19). The average Bonchev–Trinajstić information content (AvgIpc) is 2.37. The molecular weight excluding hydrogens is 259 g/mol. The van der Waals surface area contributed by atoms with Crippen molar-refractivity contribution in [3.63, 3.8) is 0 Å². The first-order valence-corrected chi connectivity index (χ1v) is 6.82. The lowest BCUT2D eigenvalue weighted by molar-refractivity contribution is -0.125. The Morgan fingerprint density at radius 2 is 2.15 bits per heavy atom. The Labute approximate surface area is 118 Å². The van der Waals surface area contributed by atoms with Gasteiger partial charge in [0.25, 0.3) is 0 Å². The van der Waals surface area contributed by atoms with Crippen molar-refractivity contribution in [3.05, 3.63) is 29.6 Å². The fraction of sp³-hybridized carbons (Fsp3) is 0.533. The van der Waals surface area contributed by atoms with Crippen molar-refractivity contribution in [2.45, 2.75) is 32.4 Å². The number of primary amides is 1. The minimum absolute atomic E-state index is 0.140. The van der Waals surface area contributed by atoms with Crippen LogP contribution in [0, 0.1) is 17.7 Å². The number of nitrogens with one attached hydrogen (secondary N) is 1. The molecule has 1 aliphatic rings. The number of piperidine rings is 1. The number of benzene rings is 1. The maximum atomic E-state index is 13.6. The summed E-state index contributed by atoms with van der Waals surface area (Å²) < 4.78 is 18.9. The smallest absolute Gasteiger partial charge is 0.222 e. The summed E-state index contributed by atoms with van der Waals surface area (Å²) in [5.41, 5.74) is 6.19. The average molecular weight is 280 g/mol. The van der Waals surface area contributed by atoms with Crippen LogP contribution >= 0.6 is 0 Å². The summed E-state index contributed by atoms with van der Waals surface area (Å²) in [4.78, 5) is 11.8. The molecule has 110 valence electrons. The number of carbonyl (C=O) groups is 1. The number of halogens is 1. The van der Waals surface area contributed by atoms with E-state index in [1.54, 1.807) is 6.07 Å². The summed E-state index contributed by atoms with van der Waals surface area (Å²) in [5, 5.41) is 3.35. The van der Waals surface area contributed by atoms with Gasteiger partial charge in [-0.15, -0.1) is 0 Å². The zero-order valence-corrected chi connectivity index (χ0v) is 12.0. The molecule has 1 aliphatic heterocycles. The van der Waals surface area contributed by atoms with Crippen molar-refractivity contribution in [1.29, 1.82) is 0 Å². The fourth-order valence-electron chi connectivity index (χ4n) is 3.19. The Hall–Kier alpha value is -1.62. The van der Waals surface area contributed by atoms with Crippen LogP contribution in [0.2, 0.25) is 0 Å². The molecule has 0 saturated carbocycles. The Kier molecular flexibility index (Phi) is 4.28. The molecule has 0 bridgehead atoms. The number of hydrogen-bond donors (Lipinski definition) is 2. The van der Waals surface area contributed by atoms with Gasteiger partial charge in [-0.25, -0.2) is 4.39 Å². The minimum Gasteiger partial charge on any atom is -0.496 e. The number of amides is 1. The SMILES string of the molecule is COc1ccc(F)cc1C1NC(C)CC(C)C1C(N)=O. The zero-order chi connectivity index (χ0) is 14.9. The van der Waals surface area contributed by atoms with Crippen LogP contribution in [0.5, 0.6) is 5.75 Å². The highest BCUT2D eigenvalue weighted by molar-refractivity contribution is 5.78. The molecule has 1 fully saturated rings. The van der Waals surface area contributed by atoms with E-state index in [9.17, 15) is 9.18 Å². The third-order valence-corrected chi connectivity index (χ3v) is 4.02. The van der Waals surface area contributed by atoms with E-state index in [1.807, 2.05) is 13.8 Å². The van der Waals surface area contributed by atoms with E-state index in [1.165, 1.54) is 19.2 Å². The highest BCUT2D eigenvalue weighted by Crippen LogP contribution is 2.39. The third kappa shape index (κ3) is 2.77. The normalized spacial score (nSPS) is 30.0. The number of methoxy groups -OCH3 is 1. The molecule has 2 rings (SSSR count). The lowest BCUT2D eigenvalue weighted by Gasteiger charge is -2.39. The van der Waals surface area contributed by atoms with Gasteiger partial charge in [0.15, 0.2) is 0 Å². The maximum absolute atomic E-state index is 13.6. The van der Waals surface area contributed by atoms with Crippen molar-refractivity contribution in [2.24, 2.45) is 17.6 Å². The number of ether oxygens (including phenoxy) is 1. The van der Waals surface area contributed by atoms with Crippen LogP contribution in [0.25, 0.3) is 0 Å². The summed E-state index contributed by atoms with van der Waals surface area (Å²) in [6, 6.07) is 4.25. The summed E-state index contributed by atoms with van der Waals surface area (Å²) in [5.74, 6) is -0.384. The second-order valence-electron chi connectivity index (χ2n) is 5.57. The molecule has 0 aromatic heterocycles. The van der Waals surface area contributed by atoms with Gasteiger partial charge >= 0.3 is 0 Å². The largest absolute Gasteiger partial charge is 0.496 e. The van der Waals surface area contributed by atoms with Crippen LogP contribution < -0.4 is 15.8 Å². The van der Waals surface area contributed by atoms with Gasteiger partial charge in [-0.1, -0.05) is 6.92 Å². The van der Waals surface area contributed by atoms with Gasteiger partial charge in [-0.05, 0) is 37.5 Å². The van der Waals surface area contributed by atoms with Crippen molar-refractivity contribution >= 4 is 5.91 Å². The van der Waals surface area contributed by atoms with Gasteiger partial charge in [-0.3, -0.25) is 4.79 Å². The van der Waals surface area contributed by atoms with Crippen LogP contribution in [0.3, 0.4) is 0 Å². The molecule has 0 aliphatic carbocycles. The van der Waals surface area contributed by atoms with Crippen molar-refractivity contribution < 1.29 is 13.9 Å². The highest BCUT2D eigenvalue weighted by atomic mass is 19.1. The summed E-state index contributed by atoms with van der Waals surface area (Å²) >= 11 is 0. The van der Waals surface area contributed by atoms with E-state index in [-0.39, 0.29) is 35.6 Å². The van der Waals surface area contributed by atoms with E-state index in [0.29, 0.717) is 11.3 Å². The maximum Gasteiger partial charge on any atom is 0.222 e. The first-order valence-electron chi connectivity index (χ1n) is 6.82. The molecule has 1 saturated heterocycles. The Morgan fingerprint density at radius 3 is 2.75 bits per heavy atom. The van der Waals surface area contributed by atoms with Gasteiger partial charge in [0.05, 0.1) is 13.0 Å². The molecule has 0 spiro atoms. The van der Waals surface area contributed by atoms with E-state index < -0.39 is 0 Å². The quantitative estimate of drug-likeness (QED) is 0.890. The van der Waals surface area contributed by atoms with Gasteiger partial charge in [0.1, 0.15) is 11.6 Å². The predicted molar refractivity (Wildman–Crippen MR) is 74.8 cm³/mol. The Morgan fingerprint density at radius 1 is 1.45 bits per heavy atom. The van der Waals surface area contributed by atoms with Gasteiger partial charge in [0.2, 0.25) is 5.91 Å². The Balaban J connectivity index is 2.46. The first-order chi connectivity index (χ1) is 9.43. The predicted octanol–water partition coefficient (Wildman–Crippen LogP) is 1.99. The van der Waals surface area contributed by atoms with Crippen molar-refractivity contribution in [2.75, 3.05) is 7.11 Å². The van der Waals surface area contributed by atoms with E-state index >= 15 is 0 Å². The third-order valence-electron chi connectivity index (χ3n) is 4.02. The molecule has 4 nitrogen and oxygen atoms in total. The molecule has 4 atom stereocenters. The lowest BCUT2D eigenvalue weighted by Crippen LogP contribution is -2.49. The number of nitrogens with two attached hydrogens (primary N) is 1. The molecule has 4 unspecified atom stereocenters. The number of rotatable bonds is 3. The number of carbonyl (C=O) groups excluding carboxylic acids is 1. The second kappa shape index (κ2) is 5.79. The monoisotopic (exact) mass is 280 g/mol. The Bertz CT molecular complexity index is 507. The summed E-state index contributed by atoms with van der Waals surface area (Å²) in [6.45, 7) is 4.05.